The van der Waals surface area contributed by atoms with E-state index in [1.807, 2.05) is 36.4 Å². The molecule has 27 heavy (non-hydrogen) atoms. The molecule has 1 heterocycles. The third-order valence-corrected chi connectivity index (χ3v) is 5.79. The molecule has 0 aromatic heterocycles. The van der Waals surface area contributed by atoms with Gasteiger partial charge in [-0.2, -0.15) is 0 Å². The minimum atomic E-state index is -3.38. The molecule has 0 unspecified atom stereocenters. The highest BCUT2D eigenvalue weighted by Gasteiger charge is 2.16. The fraction of sp³-hybridized carbons (Fsp3) is 0.333. The van der Waals surface area contributed by atoms with E-state index >= 15 is 0 Å². The van der Waals surface area contributed by atoms with E-state index in [1.54, 1.807) is 6.08 Å². The lowest BCUT2D eigenvalue weighted by Gasteiger charge is -2.36. The van der Waals surface area contributed by atoms with Crippen LogP contribution in [0.2, 0.25) is 0 Å². The minimum Gasteiger partial charge on any atom is -0.369 e. The Kier molecular flexibility index (Phi) is 7.04. The average Bonchev–Trinajstić information content (AvgIpc) is 2.72. The van der Waals surface area contributed by atoms with Gasteiger partial charge < -0.3 is 4.90 Å². The maximum atomic E-state index is 12.0. The smallest absolute Gasteiger partial charge is 0.233 e. The summed E-state index contributed by atoms with van der Waals surface area (Å²) in [5.74, 6) is 0. The van der Waals surface area contributed by atoms with Crippen LogP contribution in [0.3, 0.4) is 0 Å². The Labute approximate surface area is 162 Å². The Morgan fingerprint density at radius 2 is 1.52 bits per heavy atom. The Balaban J connectivity index is 1.35. The topological polar surface area (TPSA) is 52.7 Å². The molecule has 0 bridgehead atoms. The number of sulfonamides is 1. The van der Waals surface area contributed by atoms with Crippen LogP contribution in [0.1, 0.15) is 12.0 Å². The zero-order chi connectivity index (χ0) is 19.0. The van der Waals surface area contributed by atoms with Crippen LogP contribution in [0, 0.1) is 0 Å². The molecular formula is C21H27N3O2S. The van der Waals surface area contributed by atoms with Crippen LogP contribution < -0.4 is 9.62 Å². The fourth-order valence-electron chi connectivity index (χ4n) is 3.17. The standard InChI is InChI=1S/C21H27N3O2S/c25-27(26,19-12-20-8-3-1-4-9-20)22-13-7-14-23-15-17-24(18-16-23)21-10-5-2-6-11-21/h1-6,8-12,19,22H,7,13-18H2/b19-12+. The molecule has 0 radical (unpaired) electrons. The SMILES string of the molecule is O=S(=O)(/C=C/c1ccccc1)NCCCN1CCN(c2ccccc2)CC1. The molecule has 1 N–H and O–H groups in total. The molecule has 144 valence electrons. The quantitative estimate of drug-likeness (QED) is 0.710. The summed E-state index contributed by atoms with van der Waals surface area (Å²) in [7, 11) is -3.38. The van der Waals surface area contributed by atoms with Gasteiger partial charge in [0.05, 0.1) is 0 Å². The van der Waals surface area contributed by atoms with E-state index in [2.05, 4.69) is 38.8 Å². The van der Waals surface area contributed by atoms with E-state index in [9.17, 15) is 8.42 Å². The van der Waals surface area contributed by atoms with Gasteiger partial charge in [-0.3, -0.25) is 4.90 Å². The zero-order valence-corrected chi connectivity index (χ0v) is 16.3. The molecule has 0 aliphatic carbocycles. The highest BCUT2D eigenvalue weighted by atomic mass is 32.2. The number of hydrogen-bond donors (Lipinski definition) is 1. The zero-order valence-electron chi connectivity index (χ0n) is 15.5. The van der Waals surface area contributed by atoms with Crippen molar-refractivity contribution in [2.24, 2.45) is 0 Å². The molecule has 1 saturated heterocycles. The van der Waals surface area contributed by atoms with Crippen LogP contribution in [0.4, 0.5) is 5.69 Å². The first-order chi connectivity index (χ1) is 13.1. The lowest BCUT2D eigenvalue weighted by Crippen LogP contribution is -2.47. The third kappa shape index (κ3) is 6.50. The van der Waals surface area contributed by atoms with Crippen molar-refractivity contribution in [1.29, 1.82) is 0 Å². The molecule has 0 amide bonds. The van der Waals surface area contributed by atoms with Gasteiger partial charge in [-0.15, -0.1) is 0 Å². The first kappa shape index (κ1) is 19.6. The van der Waals surface area contributed by atoms with Crippen LogP contribution in [0.5, 0.6) is 0 Å². The molecule has 0 spiro atoms. The Hall–Kier alpha value is -2.15. The van der Waals surface area contributed by atoms with Crippen molar-refractivity contribution in [3.63, 3.8) is 0 Å². The maximum Gasteiger partial charge on any atom is 0.233 e. The first-order valence-electron chi connectivity index (χ1n) is 9.37. The summed E-state index contributed by atoms with van der Waals surface area (Å²) in [6.07, 6.45) is 2.43. The van der Waals surface area contributed by atoms with Gasteiger partial charge in [0.25, 0.3) is 0 Å². The minimum absolute atomic E-state index is 0.459. The maximum absolute atomic E-state index is 12.0. The van der Waals surface area contributed by atoms with Crippen LogP contribution in [0.25, 0.3) is 6.08 Å². The molecule has 2 aromatic rings. The van der Waals surface area contributed by atoms with Gasteiger partial charge in [0.1, 0.15) is 0 Å². The predicted octanol–water partition coefficient (Wildman–Crippen LogP) is 2.79. The summed E-state index contributed by atoms with van der Waals surface area (Å²) in [5, 5.41) is 1.24. The van der Waals surface area contributed by atoms with Gasteiger partial charge in [0, 0.05) is 43.8 Å². The van der Waals surface area contributed by atoms with E-state index in [-0.39, 0.29) is 0 Å². The van der Waals surface area contributed by atoms with Crippen molar-refractivity contribution < 1.29 is 8.42 Å². The Morgan fingerprint density at radius 3 is 2.19 bits per heavy atom. The second-order valence-electron chi connectivity index (χ2n) is 6.67. The van der Waals surface area contributed by atoms with Crippen LogP contribution in [-0.2, 0) is 10.0 Å². The molecule has 1 aliphatic heterocycles. The normalized spacial score (nSPS) is 16.1. The molecule has 2 aromatic carbocycles. The van der Waals surface area contributed by atoms with Crippen molar-refractivity contribution >= 4 is 21.8 Å². The number of piperazine rings is 1. The average molecular weight is 386 g/mol. The Bertz CT molecular complexity index is 815. The number of para-hydroxylation sites is 1. The summed E-state index contributed by atoms with van der Waals surface area (Å²) in [4.78, 5) is 4.79. The van der Waals surface area contributed by atoms with Crippen molar-refractivity contribution in [2.45, 2.75) is 6.42 Å². The highest BCUT2D eigenvalue weighted by molar-refractivity contribution is 7.92. The van der Waals surface area contributed by atoms with Crippen molar-refractivity contribution in [3.8, 4) is 0 Å². The second-order valence-corrected chi connectivity index (χ2v) is 8.32. The largest absolute Gasteiger partial charge is 0.369 e. The number of rotatable bonds is 8. The molecule has 1 aliphatic rings. The van der Waals surface area contributed by atoms with E-state index < -0.39 is 10.0 Å². The van der Waals surface area contributed by atoms with Gasteiger partial charge in [-0.1, -0.05) is 48.5 Å². The van der Waals surface area contributed by atoms with Crippen molar-refractivity contribution in [1.82, 2.24) is 9.62 Å². The highest BCUT2D eigenvalue weighted by Crippen LogP contribution is 2.15. The van der Waals surface area contributed by atoms with Crippen LogP contribution in [-0.4, -0.2) is 52.6 Å². The van der Waals surface area contributed by atoms with Crippen molar-refractivity contribution in [3.05, 3.63) is 71.6 Å². The van der Waals surface area contributed by atoms with E-state index in [4.69, 9.17) is 0 Å². The molecule has 1 fully saturated rings. The molecular weight excluding hydrogens is 358 g/mol. The van der Waals surface area contributed by atoms with E-state index in [0.717, 1.165) is 44.7 Å². The molecule has 6 heteroatoms. The lowest BCUT2D eigenvalue weighted by atomic mass is 10.2. The summed E-state index contributed by atoms with van der Waals surface area (Å²) < 4.78 is 26.7. The van der Waals surface area contributed by atoms with E-state index in [1.165, 1.54) is 11.1 Å². The molecule has 5 nitrogen and oxygen atoms in total. The van der Waals surface area contributed by atoms with Crippen molar-refractivity contribution in [2.75, 3.05) is 44.2 Å². The number of nitrogens with one attached hydrogen (secondary N) is 1. The second kappa shape index (κ2) is 9.69. The number of anilines is 1. The number of benzene rings is 2. The van der Waals surface area contributed by atoms with E-state index in [0.29, 0.717) is 6.54 Å². The van der Waals surface area contributed by atoms with Gasteiger partial charge in [-0.05, 0) is 36.7 Å². The van der Waals surface area contributed by atoms with Gasteiger partial charge in [-0.25, -0.2) is 13.1 Å². The monoisotopic (exact) mass is 385 g/mol. The van der Waals surface area contributed by atoms with Gasteiger partial charge in [0.15, 0.2) is 0 Å². The van der Waals surface area contributed by atoms with Gasteiger partial charge in [0.2, 0.25) is 10.0 Å². The number of nitrogens with zero attached hydrogens (tertiary/aromatic N) is 2. The molecule has 0 saturated carbocycles. The first-order valence-corrected chi connectivity index (χ1v) is 10.9. The summed E-state index contributed by atoms with van der Waals surface area (Å²) in [5.41, 5.74) is 2.15. The molecule has 3 rings (SSSR count). The summed E-state index contributed by atoms with van der Waals surface area (Å²) >= 11 is 0. The predicted molar refractivity (Wildman–Crippen MR) is 112 cm³/mol. The molecule has 0 atom stereocenters. The van der Waals surface area contributed by atoms with Crippen LogP contribution in [0.15, 0.2) is 66.1 Å². The fourth-order valence-corrected chi connectivity index (χ4v) is 4.03. The van der Waals surface area contributed by atoms with Gasteiger partial charge >= 0.3 is 0 Å². The Morgan fingerprint density at radius 1 is 0.889 bits per heavy atom. The summed E-state index contributed by atoms with van der Waals surface area (Å²) in [6.45, 7) is 5.41. The lowest BCUT2D eigenvalue weighted by molar-refractivity contribution is 0.255. The van der Waals surface area contributed by atoms with Crippen LogP contribution >= 0.6 is 0 Å². The third-order valence-electron chi connectivity index (χ3n) is 4.69. The number of hydrogen-bond acceptors (Lipinski definition) is 4. The summed E-state index contributed by atoms with van der Waals surface area (Å²) in [6, 6.07) is 19.9.